The fraction of sp³-hybridized carbons (Fsp3) is 0.0455. The maximum Gasteiger partial charge on any atom is 0.282 e. The predicted octanol–water partition coefficient (Wildman–Crippen LogP) is 3.56. The molecular formula is C22H17N3O3. The first-order chi connectivity index (χ1) is 13.7. The van der Waals surface area contributed by atoms with Crippen LogP contribution in [-0.4, -0.2) is 21.0 Å². The maximum absolute atomic E-state index is 13.0. The lowest BCUT2D eigenvalue weighted by molar-refractivity contribution is 0.289. The van der Waals surface area contributed by atoms with Gasteiger partial charge in [-0.25, -0.2) is 4.98 Å². The highest BCUT2D eigenvalue weighted by atomic mass is 16.5. The number of benzene rings is 3. The molecule has 6 heteroatoms. The van der Waals surface area contributed by atoms with Crippen LogP contribution >= 0.6 is 0 Å². The zero-order valence-corrected chi connectivity index (χ0v) is 14.9. The van der Waals surface area contributed by atoms with Crippen molar-refractivity contribution in [3.8, 4) is 11.5 Å². The Hall–Kier alpha value is -3.93. The van der Waals surface area contributed by atoms with E-state index >= 15 is 0 Å². The van der Waals surface area contributed by atoms with Gasteiger partial charge in [-0.15, -0.1) is 0 Å². The average molecular weight is 371 g/mol. The largest absolute Gasteiger partial charge is 0.507 e. The van der Waals surface area contributed by atoms with E-state index in [-0.39, 0.29) is 17.9 Å². The Morgan fingerprint density at radius 1 is 0.964 bits per heavy atom. The molecule has 1 heterocycles. The molecule has 0 fully saturated rings. The molecule has 1 N–H and O–H groups in total. The third kappa shape index (κ3) is 3.61. The number of hydrogen-bond acceptors (Lipinski definition) is 5. The summed E-state index contributed by atoms with van der Waals surface area (Å²) < 4.78 is 6.97. The topological polar surface area (TPSA) is 76.7 Å². The molecule has 0 saturated heterocycles. The van der Waals surface area contributed by atoms with Crippen LogP contribution in [0.1, 0.15) is 11.4 Å². The van der Waals surface area contributed by atoms with E-state index in [1.807, 2.05) is 36.4 Å². The quantitative estimate of drug-likeness (QED) is 0.544. The Bertz CT molecular complexity index is 1200. The number of hydrogen-bond donors (Lipinski definition) is 1. The maximum atomic E-state index is 13.0. The van der Waals surface area contributed by atoms with Crippen molar-refractivity contribution in [1.82, 2.24) is 9.66 Å². The zero-order valence-electron chi connectivity index (χ0n) is 14.9. The van der Waals surface area contributed by atoms with E-state index in [9.17, 15) is 9.90 Å². The summed E-state index contributed by atoms with van der Waals surface area (Å²) >= 11 is 0. The van der Waals surface area contributed by atoms with E-state index in [0.29, 0.717) is 28.0 Å². The van der Waals surface area contributed by atoms with Crippen molar-refractivity contribution >= 4 is 17.1 Å². The van der Waals surface area contributed by atoms with Crippen LogP contribution in [0.15, 0.2) is 88.8 Å². The first-order valence-corrected chi connectivity index (χ1v) is 8.73. The van der Waals surface area contributed by atoms with Crippen LogP contribution in [0, 0.1) is 0 Å². The van der Waals surface area contributed by atoms with Gasteiger partial charge in [-0.05, 0) is 36.4 Å². The molecule has 0 saturated carbocycles. The molecule has 0 atom stereocenters. The van der Waals surface area contributed by atoms with Gasteiger partial charge in [-0.2, -0.15) is 9.78 Å². The minimum absolute atomic E-state index is 0.0716. The van der Waals surface area contributed by atoms with Gasteiger partial charge in [0.1, 0.15) is 18.1 Å². The molecule has 6 nitrogen and oxygen atoms in total. The number of rotatable bonds is 5. The Kier molecular flexibility index (Phi) is 4.84. The fourth-order valence-electron chi connectivity index (χ4n) is 2.76. The molecule has 0 radical (unpaired) electrons. The lowest BCUT2D eigenvalue weighted by atomic mass is 10.2. The van der Waals surface area contributed by atoms with Crippen LogP contribution in [0.3, 0.4) is 0 Å². The van der Waals surface area contributed by atoms with Gasteiger partial charge >= 0.3 is 0 Å². The van der Waals surface area contributed by atoms with Gasteiger partial charge in [0.2, 0.25) is 0 Å². The Morgan fingerprint density at radius 3 is 2.50 bits per heavy atom. The van der Waals surface area contributed by atoms with E-state index in [1.54, 1.807) is 42.5 Å². The van der Waals surface area contributed by atoms with Crippen molar-refractivity contribution in [1.29, 1.82) is 0 Å². The average Bonchev–Trinajstić information content (AvgIpc) is 2.73. The van der Waals surface area contributed by atoms with Crippen molar-refractivity contribution < 1.29 is 9.84 Å². The standard InChI is InChI=1S/C22H17N3O3/c26-20-13-7-4-8-16(20)14-23-25-21(15-28-17-9-2-1-3-10-17)24-19-12-6-5-11-18(19)22(25)27/h1-14,26H,15H2. The van der Waals surface area contributed by atoms with Gasteiger partial charge in [-0.1, -0.05) is 42.5 Å². The smallest absolute Gasteiger partial charge is 0.282 e. The van der Waals surface area contributed by atoms with Gasteiger partial charge in [0.15, 0.2) is 5.82 Å². The van der Waals surface area contributed by atoms with Gasteiger partial charge in [-0.3, -0.25) is 4.79 Å². The molecule has 0 aliphatic heterocycles. The summed E-state index contributed by atoms with van der Waals surface area (Å²) in [5.41, 5.74) is 0.773. The number of aromatic hydroxyl groups is 1. The molecule has 0 amide bonds. The van der Waals surface area contributed by atoms with Gasteiger partial charge < -0.3 is 9.84 Å². The third-order valence-corrected chi connectivity index (χ3v) is 4.18. The van der Waals surface area contributed by atoms with E-state index in [1.165, 1.54) is 10.9 Å². The summed E-state index contributed by atoms with van der Waals surface area (Å²) in [6.45, 7) is 0.0716. The molecule has 138 valence electrons. The highest BCUT2D eigenvalue weighted by molar-refractivity contribution is 5.83. The molecule has 4 aromatic rings. The fourth-order valence-corrected chi connectivity index (χ4v) is 2.76. The second-order valence-electron chi connectivity index (χ2n) is 6.07. The van der Waals surface area contributed by atoms with Crippen molar-refractivity contribution in [2.75, 3.05) is 0 Å². The molecule has 0 bridgehead atoms. The molecule has 0 aliphatic carbocycles. The Morgan fingerprint density at radius 2 is 1.68 bits per heavy atom. The summed E-state index contributed by atoms with van der Waals surface area (Å²) in [4.78, 5) is 17.5. The second-order valence-corrected chi connectivity index (χ2v) is 6.07. The van der Waals surface area contributed by atoms with Gasteiger partial charge in [0, 0.05) is 5.56 Å². The number of phenols is 1. The minimum Gasteiger partial charge on any atom is -0.507 e. The van der Waals surface area contributed by atoms with Crippen molar-refractivity contribution in [2.45, 2.75) is 6.61 Å². The molecule has 3 aromatic carbocycles. The van der Waals surface area contributed by atoms with Crippen LogP contribution in [0.4, 0.5) is 0 Å². The van der Waals surface area contributed by atoms with E-state index < -0.39 is 0 Å². The van der Waals surface area contributed by atoms with Crippen molar-refractivity contribution in [3.05, 3.63) is 101 Å². The monoisotopic (exact) mass is 371 g/mol. The second kappa shape index (κ2) is 7.75. The lowest BCUT2D eigenvalue weighted by Gasteiger charge is -2.10. The Balaban J connectivity index is 1.77. The molecule has 28 heavy (non-hydrogen) atoms. The lowest BCUT2D eigenvalue weighted by Crippen LogP contribution is -2.23. The number of nitrogens with zero attached hydrogens (tertiary/aromatic N) is 3. The van der Waals surface area contributed by atoms with Crippen LogP contribution in [0.25, 0.3) is 10.9 Å². The first kappa shape index (κ1) is 17.5. The van der Waals surface area contributed by atoms with Crippen LogP contribution in [0.5, 0.6) is 11.5 Å². The normalized spacial score (nSPS) is 11.1. The number of phenolic OH excluding ortho intramolecular Hbond substituents is 1. The number of fused-ring (bicyclic) bond motifs is 1. The van der Waals surface area contributed by atoms with Crippen LogP contribution < -0.4 is 10.3 Å². The van der Waals surface area contributed by atoms with Crippen LogP contribution in [-0.2, 0) is 6.61 Å². The summed E-state index contributed by atoms with van der Waals surface area (Å²) in [6.07, 6.45) is 1.43. The van der Waals surface area contributed by atoms with E-state index in [4.69, 9.17) is 4.74 Å². The Labute approximate surface area is 161 Å². The predicted molar refractivity (Wildman–Crippen MR) is 108 cm³/mol. The minimum atomic E-state index is -0.302. The molecule has 0 unspecified atom stereocenters. The molecule has 4 rings (SSSR count). The summed E-state index contributed by atoms with van der Waals surface area (Å²) in [6, 6.07) is 23.1. The van der Waals surface area contributed by atoms with E-state index in [2.05, 4.69) is 10.1 Å². The molecule has 1 aromatic heterocycles. The van der Waals surface area contributed by atoms with Gasteiger partial charge in [0.25, 0.3) is 5.56 Å². The number of para-hydroxylation sites is 3. The molecule has 0 aliphatic rings. The van der Waals surface area contributed by atoms with Gasteiger partial charge in [0.05, 0.1) is 17.1 Å². The molecular weight excluding hydrogens is 354 g/mol. The first-order valence-electron chi connectivity index (χ1n) is 8.73. The van der Waals surface area contributed by atoms with E-state index in [0.717, 1.165) is 0 Å². The molecule has 0 spiro atoms. The third-order valence-electron chi connectivity index (χ3n) is 4.18. The SMILES string of the molecule is O=c1c2ccccc2nc(COc2ccccc2)n1N=Cc1ccccc1O. The van der Waals surface area contributed by atoms with Crippen LogP contribution in [0.2, 0.25) is 0 Å². The number of ether oxygens (including phenoxy) is 1. The highest BCUT2D eigenvalue weighted by Crippen LogP contribution is 2.15. The zero-order chi connectivity index (χ0) is 19.3. The number of aromatic nitrogens is 2. The summed E-state index contributed by atoms with van der Waals surface area (Å²) in [5, 5.41) is 14.7. The highest BCUT2D eigenvalue weighted by Gasteiger charge is 2.11. The summed E-state index contributed by atoms with van der Waals surface area (Å²) in [7, 11) is 0. The van der Waals surface area contributed by atoms with Crippen molar-refractivity contribution in [3.63, 3.8) is 0 Å². The van der Waals surface area contributed by atoms with Crippen molar-refractivity contribution in [2.24, 2.45) is 5.10 Å². The summed E-state index contributed by atoms with van der Waals surface area (Å²) in [5.74, 6) is 1.11.